The van der Waals surface area contributed by atoms with Crippen LogP contribution < -0.4 is 15.4 Å². The van der Waals surface area contributed by atoms with Crippen molar-refractivity contribution in [2.75, 3.05) is 32.6 Å². The van der Waals surface area contributed by atoms with Crippen LogP contribution in [0.15, 0.2) is 42.5 Å². The Labute approximate surface area is 164 Å². The van der Waals surface area contributed by atoms with E-state index in [4.69, 9.17) is 4.74 Å². The van der Waals surface area contributed by atoms with Crippen molar-refractivity contribution in [1.29, 1.82) is 0 Å². The number of carbonyl (C=O) groups is 2. The van der Waals surface area contributed by atoms with Crippen molar-refractivity contribution < 1.29 is 18.7 Å². The van der Waals surface area contributed by atoms with Gasteiger partial charge in [-0.25, -0.2) is 4.39 Å². The van der Waals surface area contributed by atoms with Gasteiger partial charge in [0, 0.05) is 6.04 Å². The number of nitrogens with one attached hydrogen (secondary N) is 2. The Kier molecular flexibility index (Phi) is 7.52. The minimum Gasteiger partial charge on any atom is -0.495 e. The first-order chi connectivity index (χ1) is 13.3. The molecule has 28 heavy (non-hydrogen) atoms. The summed E-state index contributed by atoms with van der Waals surface area (Å²) in [5.41, 5.74) is 2.45. The topological polar surface area (TPSA) is 70.7 Å². The lowest BCUT2D eigenvalue weighted by molar-refractivity contribution is -0.125. The van der Waals surface area contributed by atoms with E-state index in [2.05, 4.69) is 10.6 Å². The minimum absolute atomic E-state index is 0.0725. The summed E-state index contributed by atoms with van der Waals surface area (Å²) in [5, 5.41) is 5.34. The maximum absolute atomic E-state index is 13.0. The Morgan fingerprint density at radius 3 is 2.46 bits per heavy atom. The Bertz CT molecular complexity index is 824. The molecule has 1 atom stereocenters. The Morgan fingerprint density at radius 1 is 1.14 bits per heavy atom. The van der Waals surface area contributed by atoms with Gasteiger partial charge in [0.2, 0.25) is 11.8 Å². The first-order valence-electron chi connectivity index (χ1n) is 8.97. The number of anilines is 1. The average Bonchev–Trinajstić information content (AvgIpc) is 2.66. The molecule has 0 heterocycles. The highest BCUT2D eigenvalue weighted by Crippen LogP contribution is 2.25. The second kappa shape index (κ2) is 9.85. The highest BCUT2D eigenvalue weighted by molar-refractivity contribution is 5.96. The monoisotopic (exact) mass is 387 g/mol. The lowest BCUT2D eigenvalue weighted by atomic mass is 10.1. The van der Waals surface area contributed by atoms with Gasteiger partial charge in [-0.05, 0) is 56.3 Å². The molecule has 2 amide bonds. The predicted octanol–water partition coefficient (Wildman–Crippen LogP) is 2.89. The van der Waals surface area contributed by atoms with Crippen LogP contribution in [0.5, 0.6) is 5.75 Å². The number of amides is 2. The smallest absolute Gasteiger partial charge is 0.243 e. The Hall–Kier alpha value is -2.93. The number of halogens is 1. The van der Waals surface area contributed by atoms with E-state index in [0.29, 0.717) is 11.4 Å². The largest absolute Gasteiger partial charge is 0.495 e. The third-order valence-electron chi connectivity index (χ3n) is 4.48. The zero-order chi connectivity index (χ0) is 20.7. The minimum atomic E-state index is -0.341. The Morgan fingerprint density at radius 2 is 1.82 bits per heavy atom. The maximum atomic E-state index is 13.0. The van der Waals surface area contributed by atoms with Gasteiger partial charge in [0.15, 0.2) is 0 Å². The van der Waals surface area contributed by atoms with Crippen molar-refractivity contribution in [3.05, 3.63) is 59.4 Å². The van der Waals surface area contributed by atoms with Crippen molar-refractivity contribution in [3.63, 3.8) is 0 Å². The fourth-order valence-electron chi connectivity index (χ4n) is 2.71. The van der Waals surface area contributed by atoms with E-state index in [1.807, 2.05) is 24.8 Å². The Balaban J connectivity index is 1.83. The molecule has 2 rings (SSSR count). The first-order valence-corrected chi connectivity index (χ1v) is 8.97. The molecule has 0 bridgehead atoms. The number of hydrogen-bond donors (Lipinski definition) is 2. The summed E-state index contributed by atoms with van der Waals surface area (Å²) in [6.45, 7) is 3.81. The molecule has 0 aliphatic heterocycles. The molecule has 0 radical (unpaired) electrons. The molecular weight excluding hydrogens is 361 g/mol. The van der Waals surface area contributed by atoms with E-state index < -0.39 is 0 Å². The van der Waals surface area contributed by atoms with Crippen LogP contribution in [0.4, 0.5) is 10.1 Å². The molecule has 7 heteroatoms. The fourth-order valence-corrected chi connectivity index (χ4v) is 2.71. The van der Waals surface area contributed by atoms with E-state index in [9.17, 15) is 14.0 Å². The summed E-state index contributed by atoms with van der Waals surface area (Å²) in [4.78, 5) is 26.1. The molecule has 1 unspecified atom stereocenters. The summed E-state index contributed by atoms with van der Waals surface area (Å²) in [5.74, 6) is -0.361. The quantitative estimate of drug-likeness (QED) is 0.731. The number of ether oxygens (including phenoxy) is 1. The number of likely N-dealkylation sites (N-methyl/N-ethyl adjacent to an activating group) is 1. The summed E-state index contributed by atoms with van der Waals surface area (Å²) in [6, 6.07) is 11.6. The molecule has 2 aromatic carbocycles. The standard InChI is InChI=1S/C21H26FN3O3/c1-14-5-10-19(28-4)18(11-14)24-20(26)12-23-21(27)13-25(3)15(2)16-6-8-17(22)9-7-16/h5-11,15H,12-13H2,1-4H3,(H,23,27)(H,24,26). The van der Waals surface area contributed by atoms with Crippen molar-refractivity contribution in [1.82, 2.24) is 10.2 Å². The van der Waals surface area contributed by atoms with Crippen molar-refractivity contribution >= 4 is 17.5 Å². The van der Waals surface area contributed by atoms with E-state index in [1.165, 1.54) is 19.2 Å². The third kappa shape index (κ3) is 6.06. The van der Waals surface area contributed by atoms with Gasteiger partial charge in [0.1, 0.15) is 11.6 Å². The number of hydrogen-bond acceptors (Lipinski definition) is 4. The number of carbonyl (C=O) groups excluding carboxylic acids is 2. The number of rotatable bonds is 8. The van der Waals surface area contributed by atoms with Crippen molar-refractivity contribution in [2.45, 2.75) is 19.9 Å². The van der Waals surface area contributed by atoms with Crippen molar-refractivity contribution in [2.24, 2.45) is 0 Å². The number of aryl methyl sites for hydroxylation is 1. The number of methoxy groups -OCH3 is 1. The molecule has 2 aromatic rings. The van der Waals surface area contributed by atoms with Gasteiger partial charge in [0.05, 0.1) is 25.9 Å². The third-order valence-corrected chi connectivity index (χ3v) is 4.48. The molecule has 0 aliphatic rings. The SMILES string of the molecule is COc1ccc(C)cc1NC(=O)CNC(=O)CN(C)C(C)c1ccc(F)cc1. The van der Waals surface area contributed by atoms with Crippen LogP contribution >= 0.6 is 0 Å². The van der Waals surface area contributed by atoms with Crippen LogP contribution in [-0.4, -0.2) is 44.0 Å². The predicted molar refractivity (Wildman–Crippen MR) is 107 cm³/mol. The van der Waals surface area contributed by atoms with E-state index in [0.717, 1.165) is 11.1 Å². The molecule has 0 saturated carbocycles. The average molecular weight is 387 g/mol. The molecule has 6 nitrogen and oxygen atoms in total. The maximum Gasteiger partial charge on any atom is 0.243 e. The summed E-state index contributed by atoms with van der Waals surface area (Å²) in [6.07, 6.45) is 0. The van der Waals surface area contributed by atoms with E-state index in [1.54, 1.807) is 31.3 Å². The molecule has 0 fully saturated rings. The highest BCUT2D eigenvalue weighted by Gasteiger charge is 2.16. The van der Waals surface area contributed by atoms with Crippen LogP contribution in [0.2, 0.25) is 0 Å². The zero-order valence-electron chi connectivity index (χ0n) is 16.6. The molecule has 0 spiro atoms. The molecule has 2 N–H and O–H groups in total. The summed E-state index contributed by atoms with van der Waals surface area (Å²) in [7, 11) is 3.32. The second-order valence-corrected chi connectivity index (χ2v) is 6.67. The van der Waals surface area contributed by atoms with Crippen LogP contribution in [0.3, 0.4) is 0 Å². The van der Waals surface area contributed by atoms with E-state index in [-0.39, 0.29) is 36.8 Å². The second-order valence-electron chi connectivity index (χ2n) is 6.67. The van der Waals surface area contributed by atoms with Gasteiger partial charge in [-0.15, -0.1) is 0 Å². The van der Waals surface area contributed by atoms with Crippen LogP contribution in [-0.2, 0) is 9.59 Å². The summed E-state index contributed by atoms with van der Waals surface area (Å²) >= 11 is 0. The lowest BCUT2D eigenvalue weighted by Crippen LogP contribution is -2.40. The lowest BCUT2D eigenvalue weighted by Gasteiger charge is -2.24. The summed E-state index contributed by atoms with van der Waals surface area (Å²) < 4.78 is 18.3. The van der Waals surface area contributed by atoms with Gasteiger partial charge in [0.25, 0.3) is 0 Å². The first kappa shape index (κ1) is 21.4. The van der Waals surface area contributed by atoms with Crippen LogP contribution in [0.1, 0.15) is 24.1 Å². The number of benzene rings is 2. The van der Waals surface area contributed by atoms with E-state index >= 15 is 0 Å². The molecule has 150 valence electrons. The highest BCUT2D eigenvalue weighted by atomic mass is 19.1. The van der Waals surface area contributed by atoms with Crippen LogP contribution in [0, 0.1) is 12.7 Å². The van der Waals surface area contributed by atoms with Crippen molar-refractivity contribution in [3.8, 4) is 5.75 Å². The van der Waals surface area contributed by atoms with Gasteiger partial charge >= 0.3 is 0 Å². The molecular formula is C21H26FN3O3. The molecule has 0 saturated heterocycles. The fraction of sp³-hybridized carbons (Fsp3) is 0.333. The van der Waals surface area contributed by atoms with Gasteiger partial charge in [-0.1, -0.05) is 18.2 Å². The van der Waals surface area contributed by atoms with Gasteiger partial charge < -0.3 is 15.4 Å². The normalized spacial score (nSPS) is 11.8. The van der Waals surface area contributed by atoms with Gasteiger partial charge in [-0.3, -0.25) is 14.5 Å². The van der Waals surface area contributed by atoms with Crippen LogP contribution in [0.25, 0.3) is 0 Å². The number of nitrogens with zero attached hydrogens (tertiary/aromatic N) is 1. The molecule has 0 aliphatic carbocycles. The zero-order valence-corrected chi connectivity index (χ0v) is 16.6. The molecule has 0 aromatic heterocycles. The van der Waals surface area contributed by atoms with Gasteiger partial charge in [-0.2, -0.15) is 0 Å².